The molecule has 0 aliphatic carbocycles. The fourth-order valence-electron chi connectivity index (χ4n) is 0. The van der Waals surface area contributed by atoms with Gasteiger partial charge in [-0.05, 0) is 0 Å². The molecule has 5 nitrogen and oxygen atoms in total. The van der Waals surface area contributed by atoms with Crippen molar-refractivity contribution < 1.29 is 46.4 Å². The van der Waals surface area contributed by atoms with E-state index in [1.165, 1.54) is 0 Å². The van der Waals surface area contributed by atoms with E-state index in [9.17, 15) is 0 Å². The third kappa shape index (κ3) is 160. The molecule has 0 spiro atoms. The maximum atomic E-state index is 7.33. The van der Waals surface area contributed by atoms with Crippen LogP contribution in [-0.2, 0) is 17.1 Å². The van der Waals surface area contributed by atoms with E-state index in [-0.39, 0.29) is 115 Å². The molecule has 0 aromatic carbocycles. The van der Waals surface area contributed by atoms with Crippen LogP contribution in [0.3, 0.4) is 0 Å². The molecule has 0 amide bonds. The summed E-state index contributed by atoms with van der Waals surface area (Å²) >= 11 is 0. The van der Waals surface area contributed by atoms with Gasteiger partial charge in [0.25, 0.3) is 0 Å². The van der Waals surface area contributed by atoms with E-state index in [0.717, 1.165) is 0 Å². The first kappa shape index (κ1) is 47.6. The average molecular weight is 268 g/mol. The number of halogens is 1. The average Bonchev–Trinajstić information content (AvgIpc) is 0.722. The fraction of sp³-hybridized carbons (Fsp3) is 0. The molecule has 0 heterocycles. The zero-order valence-corrected chi connectivity index (χ0v) is 5.65. The first-order chi connectivity index (χ1) is 2.00. The predicted molar refractivity (Wildman–Crippen MR) is 45.0 cm³/mol. The molecule has 11 heavy (non-hydrogen) atoms. The van der Waals surface area contributed by atoms with E-state index in [2.05, 4.69) is 0 Å². The van der Waals surface area contributed by atoms with Crippen molar-refractivity contribution >= 4 is 96.7 Å². The maximum absolute atomic E-state index is 7.33. The fourth-order valence-corrected chi connectivity index (χ4v) is 0. The molecular formula is H12AlFFeKLiO5Si. The SMILES string of the molecule is F.O.O[Si](O)(O)O.[AlH3].[Fe].[KH].[LiH]. The van der Waals surface area contributed by atoms with Crippen molar-refractivity contribution in [2.45, 2.75) is 0 Å². The Morgan fingerprint density at radius 1 is 0.909 bits per heavy atom. The van der Waals surface area contributed by atoms with Gasteiger partial charge in [-0.2, -0.15) is 0 Å². The summed E-state index contributed by atoms with van der Waals surface area (Å²) in [7, 11) is -4.61. The molecule has 0 aliphatic heterocycles. The molecule has 0 rings (SSSR count). The van der Waals surface area contributed by atoms with Gasteiger partial charge in [-0.15, -0.1) is 0 Å². The minimum atomic E-state index is -4.61. The van der Waals surface area contributed by atoms with Gasteiger partial charge in [0, 0.05) is 17.1 Å². The van der Waals surface area contributed by atoms with Crippen LogP contribution in [0.4, 0.5) is 4.70 Å². The van der Waals surface area contributed by atoms with Crippen LogP contribution in [0, 0.1) is 0 Å². The Bertz CT molecular complexity index is 42.0. The molecule has 66 valence electrons. The van der Waals surface area contributed by atoms with Crippen molar-refractivity contribution in [1.29, 1.82) is 0 Å². The Labute approximate surface area is 140 Å². The van der Waals surface area contributed by atoms with E-state index in [1.54, 1.807) is 0 Å². The molecule has 0 aromatic heterocycles. The van der Waals surface area contributed by atoms with Crippen LogP contribution in [-0.4, -0.2) is 121 Å². The van der Waals surface area contributed by atoms with Gasteiger partial charge in [0.1, 0.15) is 0 Å². The summed E-state index contributed by atoms with van der Waals surface area (Å²) in [4.78, 5) is 29.3. The van der Waals surface area contributed by atoms with Gasteiger partial charge in [-0.1, -0.05) is 0 Å². The van der Waals surface area contributed by atoms with Crippen molar-refractivity contribution in [2.75, 3.05) is 0 Å². The topological polar surface area (TPSA) is 112 Å². The minimum absolute atomic E-state index is 0. The first-order valence-electron chi connectivity index (χ1n) is 0.894. The van der Waals surface area contributed by atoms with E-state index in [1.807, 2.05) is 0 Å². The molecule has 0 fully saturated rings. The first-order valence-corrected chi connectivity index (χ1v) is 2.68. The van der Waals surface area contributed by atoms with Gasteiger partial charge in [-0.3, -0.25) is 4.70 Å². The number of hydrogen-bond donors (Lipinski definition) is 4. The van der Waals surface area contributed by atoms with Crippen LogP contribution in [0.25, 0.3) is 0 Å². The Morgan fingerprint density at radius 2 is 0.909 bits per heavy atom. The normalized spacial score (nSPS) is 5.45. The summed E-state index contributed by atoms with van der Waals surface area (Å²) in [6, 6.07) is 0. The van der Waals surface area contributed by atoms with Gasteiger partial charge in [0.15, 0.2) is 17.4 Å². The number of hydrogen-bond acceptors (Lipinski definition) is 4. The third-order valence-corrected chi connectivity index (χ3v) is 0. The molecule has 11 heteroatoms. The monoisotopic (exact) mass is 268 g/mol. The van der Waals surface area contributed by atoms with Crippen LogP contribution in [0.5, 0.6) is 0 Å². The Balaban J connectivity index is -0.00000000533. The van der Waals surface area contributed by atoms with Crippen LogP contribution >= 0.6 is 0 Å². The van der Waals surface area contributed by atoms with Gasteiger partial charge in [0.05, 0.1) is 0 Å². The molecule has 0 aliphatic rings. The summed E-state index contributed by atoms with van der Waals surface area (Å²) in [5, 5.41) is 0. The summed E-state index contributed by atoms with van der Waals surface area (Å²) < 4.78 is 0. The second-order valence-electron chi connectivity index (χ2n) is 0.600. The van der Waals surface area contributed by atoms with E-state index in [4.69, 9.17) is 19.2 Å². The van der Waals surface area contributed by atoms with E-state index < -0.39 is 9.05 Å². The van der Waals surface area contributed by atoms with Gasteiger partial charge in [0.2, 0.25) is 0 Å². The molecule has 0 atom stereocenters. The van der Waals surface area contributed by atoms with Crippen LogP contribution in [0.1, 0.15) is 0 Å². The summed E-state index contributed by atoms with van der Waals surface area (Å²) in [6.45, 7) is 0. The van der Waals surface area contributed by atoms with Gasteiger partial charge < -0.3 is 24.7 Å². The molecule has 0 unspecified atom stereocenters. The van der Waals surface area contributed by atoms with Crippen molar-refractivity contribution in [3.8, 4) is 0 Å². The van der Waals surface area contributed by atoms with Crippen molar-refractivity contribution in [1.82, 2.24) is 0 Å². The standard InChI is InChI=1S/Al.FH.Fe.K.Li.H4O4Si.H2O.5H/c;;;;;1-5(2,3)4;;;;;;/h;1H;;;;1-4H;1H2;;;;;. The second-order valence-corrected chi connectivity index (χ2v) is 1.80. The second kappa shape index (κ2) is 23.2. The molecule has 0 aromatic rings. The Hall–Kier alpha value is 3.23. The quantitative estimate of drug-likeness (QED) is 0.328. The van der Waals surface area contributed by atoms with Crippen LogP contribution in [0.15, 0.2) is 0 Å². The molecule has 0 saturated carbocycles. The zero-order valence-electron chi connectivity index (χ0n) is 3.55. The van der Waals surface area contributed by atoms with Crippen LogP contribution < -0.4 is 0 Å². The predicted octanol–water partition coefficient (Wildman–Crippen LogP) is -5.76. The molecule has 0 bridgehead atoms. The molecule has 6 N–H and O–H groups in total. The summed E-state index contributed by atoms with van der Waals surface area (Å²) in [5.41, 5.74) is 0. The van der Waals surface area contributed by atoms with Crippen LogP contribution in [0.2, 0.25) is 0 Å². The summed E-state index contributed by atoms with van der Waals surface area (Å²) in [5.74, 6) is 0. The van der Waals surface area contributed by atoms with Gasteiger partial charge >= 0.3 is 79.3 Å². The van der Waals surface area contributed by atoms with Crippen molar-refractivity contribution in [3.05, 3.63) is 0 Å². The summed E-state index contributed by atoms with van der Waals surface area (Å²) in [6.07, 6.45) is 0. The van der Waals surface area contributed by atoms with E-state index >= 15 is 0 Å². The molecule has 0 saturated heterocycles. The zero-order chi connectivity index (χ0) is 4.50. The third-order valence-electron chi connectivity index (χ3n) is 0. The Kier molecular flexibility index (Phi) is 101. The van der Waals surface area contributed by atoms with Crippen molar-refractivity contribution in [3.63, 3.8) is 0 Å². The molecule has 0 radical (unpaired) electrons. The van der Waals surface area contributed by atoms with E-state index in [0.29, 0.717) is 0 Å². The Morgan fingerprint density at radius 3 is 0.909 bits per heavy atom. The van der Waals surface area contributed by atoms with Gasteiger partial charge in [-0.25, -0.2) is 0 Å². The number of rotatable bonds is 0. The molecular weight excluding hydrogens is 256 g/mol. The van der Waals surface area contributed by atoms with Crippen molar-refractivity contribution in [2.24, 2.45) is 0 Å².